The van der Waals surface area contributed by atoms with E-state index in [2.05, 4.69) is 16.0 Å². The van der Waals surface area contributed by atoms with Crippen LogP contribution in [0.15, 0.2) is 4.99 Å². The number of hydrogen-bond donors (Lipinski definition) is 0. The largest absolute Gasteiger partial charge is 0.271 e. The summed E-state index contributed by atoms with van der Waals surface area (Å²) in [5, 5.41) is 8.84. The number of hydrogen-bond acceptors (Lipinski definition) is 3. The number of nitrogens with zero attached hydrogens (tertiary/aromatic N) is 3. The maximum absolute atomic E-state index is 8.84. The van der Waals surface area contributed by atoms with Crippen molar-refractivity contribution in [1.82, 2.24) is 4.90 Å². The van der Waals surface area contributed by atoms with Crippen LogP contribution in [0, 0.1) is 11.3 Å². The molecule has 0 fully saturated rings. The molecule has 0 bridgehead atoms. The summed E-state index contributed by atoms with van der Waals surface area (Å²) >= 11 is 0. The van der Waals surface area contributed by atoms with Crippen molar-refractivity contribution in [2.45, 2.75) is 38.9 Å². The minimum Gasteiger partial charge on any atom is -0.271 e. The Kier molecular flexibility index (Phi) is 1.77. The second kappa shape index (κ2) is 2.30. The lowest BCUT2D eigenvalue weighted by Gasteiger charge is -2.35. The lowest BCUT2D eigenvalue weighted by Crippen LogP contribution is -2.49. The van der Waals surface area contributed by atoms with Gasteiger partial charge in [-0.2, -0.15) is 5.26 Å². The molecule has 0 aromatic rings. The second-order valence-corrected chi connectivity index (χ2v) is 4.18. The predicted octanol–water partition coefficient (Wildman–Crippen LogP) is 1.41. The van der Waals surface area contributed by atoms with Gasteiger partial charge in [0.2, 0.25) is 0 Å². The first-order valence-corrected chi connectivity index (χ1v) is 4.07. The monoisotopic (exact) mass is 165 g/mol. The summed E-state index contributed by atoms with van der Waals surface area (Å²) in [7, 11) is 1.99. The maximum atomic E-state index is 8.84. The molecule has 12 heavy (non-hydrogen) atoms. The Balaban J connectivity index is 3.14. The van der Waals surface area contributed by atoms with Crippen molar-refractivity contribution >= 4 is 5.71 Å². The van der Waals surface area contributed by atoms with E-state index in [1.807, 2.05) is 34.7 Å². The Morgan fingerprint density at radius 2 is 1.83 bits per heavy atom. The number of nitriles is 1. The quantitative estimate of drug-likeness (QED) is 0.544. The van der Waals surface area contributed by atoms with Crippen LogP contribution in [0.3, 0.4) is 0 Å². The van der Waals surface area contributed by atoms with Crippen LogP contribution in [0.2, 0.25) is 0 Å². The van der Waals surface area contributed by atoms with E-state index in [1.54, 1.807) is 0 Å². The summed E-state index contributed by atoms with van der Waals surface area (Å²) in [6.07, 6.45) is 0. The standard InChI is InChI=1S/C9H15N3/c1-8(2)7(6-10)11-9(3,4)12(8)5/h1-5H3. The molecule has 0 radical (unpaired) electrons. The van der Waals surface area contributed by atoms with Crippen molar-refractivity contribution in [3.05, 3.63) is 0 Å². The summed E-state index contributed by atoms with van der Waals surface area (Å²) < 4.78 is 0. The first-order valence-electron chi connectivity index (χ1n) is 4.07. The van der Waals surface area contributed by atoms with Gasteiger partial charge >= 0.3 is 0 Å². The van der Waals surface area contributed by atoms with Crippen LogP contribution < -0.4 is 0 Å². The van der Waals surface area contributed by atoms with Gasteiger partial charge in [-0.15, -0.1) is 0 Å². The molecular weight excluding hydrogens is 150 g/mol. The average molecular weight is 165 g/mol. The van der Waals surface area contributed by atoms with Gasteiger partial charge in [0.15, 0.2) is 0 Å². The Morgan fingerprint density at radius 1 is 1.33 bits per heavy atom. The van der Waals surface area contributed by atoms with Gasteiger partial charge in [0.25, 0.3) is 0 Å². The fraction of sp³-hybridized carbons (Fsp3) is 0.778. The van der Waals surface area contributed by atoms with Crippen molar-refractivity contribution in [2.24, 2.45) is 4.99 Å². The van der Waals surface area contributed by atoms with E-state index in [4.69, 9.17) is 5.26 Å². The SMILES string of the molecule is CN1C(C)(C)N=C(C#N)C1(C)C. The molecule has 3 nitrogen and oxygen atoms in total. The zero-order valence-electron chi connectivity index (χ0n) is 8.34. The molecule has 0 saturated carbocycles. The third-order valence-corrected chi connectivity index (χ3v) is 2.73. The molecule has 0 aromatic heterocycles. The van der Waals surface area contributed by atoms with Crippen LogP contribution in [0.1, 0.15) is 27.7 Å². The van der Waals surface area contributed by atoms with Crippen molar-refractivity contribution in [3.8, 4) is 6.07 Å². The summed E-state index contributed by atoms with van der Waals surface area (Å²) in [6, 6.07) is 2.15. The van der Waals surface area contributed by atoms with Gasteiger partial charge in [-0.25, -0.2) is 0 Å². The molecule has 3 heteroatoms. The van der Waals surface area contributed by atoms with E-state index in [0.717, 1.165) is 0 Å². The number of rotatable bonds is 0. The van der Waals surface area contributed by atoms with E-state index >= 15 is 0 Å². The minimum atomic E-state index is -0.242. The first kappa shape index (κ1) is 9.21. The van der Waals surface area contributed by atoms with Crippen LogP contribution >= 0.6 is 0 Å². The highest BCUT2D eigenvalue weighted by molar-refractivity contribution is 6.06. The molecule has 1 heterocycles. The van der Waals surface area contributed by atoms with Gasteiger partial charge in [-0.1, -0.05) is 0 Å². The van der Waals surface area contributed by atoms with Crippen LogP contribution in [0.25, 0.3) is 0 Å². The van der Waals surface area contributed by atoms with E-state index in [1.165, 1.54) is 0 Å². The zero-order valence-corrected chi connectivity index (χ0v) is 8.34. The molecule has 1 rings (SSSR count). The molecule has 0 amide bonds. The molecule has 0 atom stereocenters. The minimum absolute atomic E-state index is 0.224. The molecule has 0 aromatic carbocycles. The van der Waals surface area contributed by atoms with Gasteiger partial charge < -0.3 is 0 Å². The smallest absolute Gasteiger partial charge is 0.134 e. The molecule has 0 saturated heterocycles. The van der Waals surface area contributed by atoms with Crippen LogP contribution in [-0.2, 0) is 0 Å². The van der Waals surface area contributed by atoms with Crippen molar-refractivity contribution < 1.29 is 0 Å². The summed E-state index contributed by atoms with van der Waals surface area (Å²) in [4.78, 5) is 6.46. The van der Waals surface area contributed by atoms with E-state index < -0.39 is 0 Å². The van der Waals surface area contributed by atoms with Gasteiger partial charge in [0.1, 0.15) is 17.4 Å². The molecule has 0 N–H and O–H groups in total. The van der Waals surface area contributed by atoms with Crippen LogP contribution in [-0.4, -0.2) is 28.9 Å². The average Bonchev–Trinajstić information content (AvgIpc) is 2.11. The second-order valence-electron chi connectivity index (χ2n) is 4.18. The van der Waals surface area contributed by atoms with Gasteiger partial charge in [-0.3, -0.25) is 9.89 Å². The summed E-state index contributed by atoms with van der Waals surface area (Å²) in [5.74, 6) is 0. The fourth-order valence-corrected chi connectivity index (χ4v) is 1.49. The van der Waals surface area contributed by atoms with Gasteiger partial charge in [-0.05, 0) is 34.7 Å². The zero-order chi connectivity index (χ0) is 9.57. The first-order chi connectivity index (χ1) is 5.32. The van der Waals surface area contributed by atoms with E-state index in [-0.39, 0.29) is 11.2 Å². The highest BCUT2D eigenvalue weighted by Crippen LogP contribution is 2.32. The topological polar surface area (TPSA) is 39.4 Å². The van der Waals surface area contributed by atoms with Gasteiger partial charge in [0, 0.05) is 0 Å². The highest BCUT2D eigenvalue weighted by atomic mass is 15.4. The molecule has 0 aliphatic carbocycles. The van der Waals surface area contributed by atoms with E-state index in [0.29, 0.717) is 5.71 Å². The lowest BCUT2D eigenvalue weighted by molar-refractivity contribution is 0.121. The lowest BCUT2D eigenvalue weighted by atomic mass is 9.98. The van der Waals surface area contributed by atoms with Crippen molar-refractivity contribution in [1.29, 1.82) is 5.26 Å². The summed E-state index contributed by atoms with van der Waals surface area (Å²) in [5.41, 5.74) is 0.155. The maximum Gasteiger partial charge on any atom is 0.134 e. The molecule has 66 valence electrons. The van der Waals surface area contributed by atoms with Crippen LogP contribution in [0.5, 0.6) is 0 Å². The Morgan fingerprint density at radius 3 is 2.00 bits per heavy atom. The molecule has 1 aliphatic heterocycles. The molecule has 0 unspecified atom stereocenters. The van der Waals surface area contributed by atoms with Crippen LogP contribution in [0.4, 0.5) is 0 Å². The summed E-state index contributed by atoms with van der Waals surface area (Å²) in [6.45, 7) is 8.06. The Hall–Kier alpha value is -0.880. The Bertz CT molecular complexity index is 268. The third kappa shape index (κ3) is 1.03. The predicted molar refractivity (Wildman–Crippen MR) is 49.0 cm³/mol. The molecule has 1 aliphatic rings. The Labute approximate surface area is 73.7 Å². The highest BCUT2D eigenvalue weighted by Gasteiger charge is 2.44. The van der Waals surface area contributed by atoms with Gasteiger partial charge in [0.05, 0.1) is 5.54 Å². The molecular formula is C9H15N3. The van der Waals surface area contributed by atoms with E-state index in [9.17, 15) is 0 Å². The normalized spacial score (nSPS) is 26.5. The fourth-order valence-electron chi connectivity index (χ4n) is 1.49. The van der Waals surface area contributed by atoms with Crippen molar-refractivity contribution in [2.75, 3.05) is 7.05 Å². The van der Waals surface area contributed by atoms with Crippen molar-refractivity contribution in [3.63, 3.8) is 0 Å². The number of aliphatic imine (C=N–C) groups is 1. The molecule has 0 spiro atoms. The third-order valence-electron chi connectivity index (χ3n) is 2.73.